The summed E-state index contributed by atoms with van der Waals surface area (Å²) in [5, 5.41) is 0. The summed E-state index contributed by atoms with van der Waals surface area (Å²) in [5.74, 6) is 6.42. The van der Waals surface area contributed by atoms with Crippen LogP contribution in [-0.4, -0.2) is 0 Å². The molecule has 1 aromatic rings. The second-order valence-electron chi connectivity index (χ2n) is 3.74. The van der Waals surface area contributed by atoms with Crippen molar-refractivity contribution in [2.45, 2.75) is 26.2 Å². The van der Waals surface area contributed by atoms with Gasteiger partial charge in [0.15, 0.2) is 0 Å². The molecule has 0 atom stereocenters. The Labute approximate surface area is 85.7 Å². The Bertz CT molecular complexity index is 396. The van der Waals surface area contributed by atoms with Crippen LogP contribution in [0.1, 0.15) is 30.4 Å². The smallest absolute Gasteiger partial charge is 0.0249 e. The van der Waals surface area contributed by atoms with Crippen LogP contribution in [0.3, 0.4) is 0 Å². The van der Waals surface area contributed by atoms with Gasteiger partial charge < -0.3 is 0 Å². The zero-order valence-corrected chi connectivity index (χ0v) is 8.51. The number of rotatable bonds is 0. The molecule has 0 fully saturated rings. The van der Waals surface area contributed by atoms with E-state index in [4.69, 9.17) is 0 Å². The van der Waals surface area contributed by atoms with Gasteiger partial charge in [0.2, 0.25) is 0 Å². The van der Waals surface area contributed by atoms with Crippen molar-refractivity contribution in [2.75, 3.05) is 0 Å². The Morgan fingerprint density at radius 2 is 1.86 bits per heavy atom. The van der Waals surface area contributed by atoms with Crippen LogP contribution >= 0.6 is 0 Å². The van der Waals surface area contributed by atoms with Crippen LogP contribution in [0.5, 0.6) is 0 Å². The van der Waals surface area contributed by atoms with Gasteiger partial charge in [-0.05, 0) is 43.9 Å². The van der Waals surface area contributed by atoms with Crippen LogP contribution in [0.4, 0.5) is 0 Å². The topological polar surface area (TPSA) is 0 Å². The third-order valence-corrected chi connectivity index (χ3v) is 2.46. The van der Waals surface area contributed by atoms with Crippen molar-refractivity contribution < 1.29 is 0 Å². The van der Waals surface area contributed by atoms with Crippen molar-refractivity contribution in [1.29, 1.82) is 0 Å². The van der Waals surface area contributed by atoms with Gasteiger partial charge in [0.25, 0.3) is 0 Å². The largest absolute Gasteiger partial charge is 0.0729 e. The highest BCUT2D eigenvalue weighted by molar-refractivity contribution is 5.42. The Morgan fingerprint density at radius 1 is 1.07 bits per heavy atom. The minimum Gasteiger partial charge on any atom is -0.0729 e. The quantitative estimate of drug-likeness (QED) is 0.539. The fraction of sp³-hybridized carbons (Fsp3) is 0.286. The fourth-order valence-electron chi connectivity index (χ4n) is 1.57. The lowest BCUT2D eigenvalue weighted by atomic mass is 10.1. The average molecular weight is 182 g/mol. The zero-order chi connectivity index (χ0) is 9.80. The van der Waals surface area contributed by atoms with E-state index in [9.17, 15) is 0 Å². The molecular formula is C14H14. The van der Waals surface area contributed by atoms with Gasteiger partial charge in [-0.3, -0.25) is 0 Å². The molecule has 0 radical (unpaired) electrons. The van der Waals surface area contributed by atoms with Crippen LogP contribution in [0, 0.1) is 18.8 Å². The molecule has 0 bridgehead atoms. The molecule has 0 heteroatoms. The van der Waals surface area contributed by atoms with Crippen molar-refractivity contribution in [3.05, 3.63) is 47.0 Å². The van der Waals surface area contributed by atoms with Gasteiger partial charge >= 0.3 is 0 Å². The number of hydrogen-bond donors (Lipinski definition) is 0. The van der Waals surface area contributed by atoms with E-state index >= 15 is 0 Å². The van der Waals surface area contributed by atoms with E-state index in [-0.39, 0.29) is 0 Å². The first-order chi connectivity index (χ1) is 6.84. The second-order valence-corrected chi connectivity index (χ2v) is 3.74. The lowest BCUT2D eigenvalue weighted by Gasteiger charge is -1.91. The van der Waals surface area contributed by atoms with Gasteiger partial charge in [-0.1, -0.05) is 35.6 Å². The molecule has 0 aliphatic heterocycles. The number of hydrogen-bond acceptors (Lipinski definition) is 0. The summed E-state index contributed by atoms with van der Waals surface area (Å²) >= 11 is 0. The van der Waals surface area contributed by atoms with Gasteiger partial charge in [-0.2, -0.15) is 0 Å². The maximum Gasteiger partial charge on any atom is 0.0249 e. The Kier molecular flexibility index (Phi) is 2.70. The Morgan fingerprint density at radius 3 is 2.50 bits per heavy atom. The molecule has 0 nitrogen and oxygen atoms in total. The van der Waals surface area contributed by atoms with E-state index in [1.807, 2.05) is 0 Å². The van der Waals surface area contributed by atoms with Gasteiger partial charge in [-0.25, -0.2) is 0 Å². The summed E-state index contributed by atoms with van der Waals surface area (Å²) in [6.07, 6.45) is 5.90. The van der Waals surface area contributed by atoms with Crippen molar-refractivity contribution in [1.82, 2.24) is 0 Å². The molecule has 0 unspecified atom stereocenters. The standard InChI is InChI=1S/C14H14/c1-12-6-8-14(9-7-12)11-10-13-4-2-3-5-13/h4,6-9H,2-3,5H2,1H3. The van der Waals surface area contributed by atoms with E-state index in [1.165, 1.54) is 30.4 Å². The molecule has 0 N–H and O–H groups in total. The lowest BCUT2D eigenvalue weighted by Crippen LogP contribution is -1.76. The SMILES string of the molecule is Cc1ccc(C#CC2=CCCC2)cc1. The minimum atomic E-state index is 1.11. The molecule has 70 valence electrons. The van der Waals surface area contributed by atoms with Crippen LogP contribution in [0.15, 0.2) is 35.9 Å². The molecule has 0 aromatic heterocycles. The summed E-state index contributed by atoms with van der Waals surface area (Å²) in [4.78, 5) is 0. The van der Waals surface area contributed by atoms with E-state index in [1.54, 1.807) is 0 Å². The van der Waals surface area contributed by atoms with E-state index in [2.05, 4.69) is 49.1 Å². The highest BCUT2D eigenvalue weighted by atomic mass is 14.0. The molecule has 0 spiro atoms. The molecule has 0 saturated carbocycles. The predicted octanol–water partition coefficient (Wildman–Crippen LogP) is 3.46. The third kappa shape index (κ3) is 2.26. The molecular weight excluding hydrogens is 168 g/mol. The summed E-state index contributed by atoms with van der Waals surface area (Å²) in [5.41, 5.74) is 3.71. The fourth-order valence-corrected chi connectivity index (χ4v) is 1.57. The van der Waals surface area contributed by atoms with E-state index in [0.29, 0.717) is 0 Å². The van der Waals surface area contributed by atoms with Crippen LogP contribution in [0.2, 0.25) is 0 Å². The molecule has 0 saturated heterocycles. The number of benzene rings is 1. The molecule has 1 aromatic carbocycles. The highest BCUT2D eigenvalue weighted by Gasteiger charge is 1.99. The van der Waals surface area contributed by atoms with Crippen molar-refractivity contribution in [3.63, 3.8) is 0 Å². The lowest BCUT2D eigenvalue weighted by molar-refractivity contribution is 0.919. The van der Waals surface area contributed by atoms with Crippen molar-refractivity contribution in [2.24, 2.45) is 0 Å². The number of aryl methyl sites for hydroxylation is 1. The van der Waals surface area contributed by atoms with Crippen LogP contribution in [0.25, 0.3) is 0 Å². The highest BCUT2D eigenvalue weighted by Crippen LogP contribution is 2.16. The van der Waals surface area contributed by atoms with E-state index in [0.717, 1.165) is 5.56 Å². The van der Waals surface area contributed by atoms with Gasteiger partial charge in [0.05, 0.1) is 0 Å². The van der Waals surface area contributed by atoms with Crippen LogP contribution in [-0.2, 0) is 0 Å². The summed E-state index contributed by atoms with van der Waals surface area (Å²) in [6.45, 7) is 2.09. The second kappa shape index (κ2) is 4.15. The zero-order valence-electron chi connectivity index (χ0n) is 8.51. The molecule has 0 amide bonds. The first-order valence-corrected chi connectivity index (χ1v) is 5.12. The molecule has 2 rings (SSSR count). The van der Waals surface area contributed by atoms with Gasteiger partial charge in [0.1, 0.15) is 0 Å². The first kappa shape index (κ1) is 9.09. The van der Waals surface area contributed by atoms with Crippen molar-refractivity contribution in [3.8, 4) is 11.8 Å². The Hall–Kier alpha value is -1.48. The summed E-state index contributed by atoms with van der Waals surface area (Å²) in [7, 11) is 0. The maximum absolute atomic E-state index is 3.23. The predicted molar refractivity (Wildman–Crippen MR) is 60.0 cm³/mol. The number of allylic oxidation sites excluding steroid dienone is 2. The maximum atomic E-state index is 3.23. The molecule has 0 heterocycles. The first-order valence-electron chi connectivity index (χ1n) is 5.12. The average Bonchev–Trinajstić information content (AvgIpc) is 2.70. The van der Waals surface area contributed by atoms with E-state index < -0.39 is 0 Å². The van der Waals surface area contributed by atoms with Gasteiger partial charge in [0, 0.05) is 5.56 Å². The Balaban J connectivity index is 2.13. The molecule has 1 aliphatic rings. The third-order valence-electron chi connectivity index (χ3n) is 2.46. The minimum absolute atomic E-state index is 1.11. The summed E-state index contributed by atoms with van der Waals surface area (Å²) < 4.78 is 0. The normalized spacial score (nSPS) is 14.5. The monoisotopic (exact) mass is 182 g/mol. The van der Waals surface area contributed by atoms with Crippen molar-refractivity contribution >= 4 is 0 Å². The summed E-state index contributed by atoms with van der Waals surface area (Å²) in [6, 6.07) is 8.37. The molecule has 1 aliphatic carbocycles. The molecule has 14 heavy (non-hydrogen) atoms. The van der Waals surface area contributed by atoms with Crippen LogP contribution < -0.4 is 0 Å². The van der Waals surface area contributed by atoms with Gasteiger partial charge in [-0.15, -0.1) is 0 Å².